The Morgan fingerprint density at radius 2 is 2.06 bits per heavy atom. The molecule has 2 nitrogen and oxygen atoms in total. The van der Waals surface area contributed by atoms with Gasteiger partial charge < -0.3 is 5.32 Å². The summed E-state index contributed by atoms with van der Waals surface area (Å²) in [6.07, 6.45) is 1.44. The smallest absolute Gasteiger partial charge is 0.214 e. The van der Waals surface area contributed by atoms with Gasteiger partial charge in [-0.1, -0.05) is 15.9 Å². The predicted molar refractivity (Wildman–Crippen MR) is 66.4 cm³/mol. The first-order chi connectivity index (χ1) is 7.65. The third kappa shape index (κ3) is 2.58. The Balaban J connectivity index is 2.27. The number of hydrogen-bond donors (Lipinski definition) is 1. The van der Waals surface area contributed by atoms with E-state index >= 15 is 0 Å². The highest BCUT2D eigenvalue weighted by molar-refractivity contribution is 9.10. The van der Waals surface area contributed by atoms with Crippen LogP contribution in [0.1, 0.15) is 5.56 Å². The number of pyridine rings is 1. The van der Waals surface area contributed by atoms with Crippen LogP contribution in [0.5, 0.6) is 0 Å². The molecule has 0 bridgehead atoms. The Morgan fingerprint density at radius 3 is 2.75 bits per heavy atom. The first-order valence-electron chi connectivity index (χ1n) is 4.80. The van der Waals surface area contributed by atoms with Crippen LogP contribution in [0.25, 0.3) is 0 Å². The van der Waals surface area contributed by atoms with Crippen LogP contribution in [0, 0.1) is 12.9 Å². The molecule has 0 aliphatic carbocycles. The van der Waals surface area contributed by atoms with Gasteiger partial charge in [-0.3, -0.25) is 0 Å². The number of anilines is 2. The van der Waals surface area contributed by atoms with Crippen LogP contribution in [-0.4, -0.2) is 4.98 Å². The molecule has 2 rings (SSSR count). The lowest BCUT2D eigenvalue weighted by atomic mass is 10.2. The molecule has 0 spiro atoms. The topological polar surface area (TPSA) is 24.9 Å². The molecule has 0 unspecified atom stereocenters. The molecule has 0 saturated carbocycles. The first kappa shape index (κ1) is 11.1. The number of benzene rings is 1. The maximum absolute atomic E-state index is 12.9. The Kier molecular flexibility index (Phi) is 3.19. The van der Waals surface area contributed by atoms with Crippen molar-refractivity contribution in [2.45, 2.75) is 6.92 Å². The van der Waals surface area contributed by atoms with E-state index in [1.54, 1.807) is 6.07 Å². The normalized spacial score (nSPS) is 10.2. The molecule has 0 aliphatic heterocycles. The molecule has 0 radical (unpaired) electrons. The lowest BCUT2D eigenvalue weighted by Crippen LogP contribution is -1.94. The van der Waals surface area contributed by atoms with Crippen molar-refractivity contribution in [2.75, 3.05) is 5.32 Å². The van der Waals surface area contributed by atoms with E-state index in [1.165, 1.54) is 12.3 Å². The molecule has 0 amide bonds. The van der Waals surface area contributed by atoms with Gasteiger partial charge in [0, 0.05) is 28.1 Å². The summed E-state index contributed by atoms with van der Waals surface area (Å²) < 4.78 is 13.9. The van der Waals surface area contributed by atoms with Crippen molar-refractivity contribution in [2.24, 2.45) is 0 Å². The molecular weight excluding hydrogens is 271 g/mol. The van der Waals surface area contributed by atoms with Gasteiger partial charge in [0.2, 0.25) is 5.95 Å². The van der Waals surface area contributed by atoms with Crippen molar-refractivity contribution in [3.05, 3.63) is 52.5 Å². The summed E-state index contributed by atoms with van der Waals surface area (Å²) in [4.78, 5) is 3.50. The monoisotopic (exact) mass is 280 g/mol. The van der Waals surface area contributed by atoms with Crippen LogP contribution < -0.4 is 5.32 Å². The highest BCUT2D eigenvalue weighted by Gasteiger charge is 2.00. The van der Waals surface area contributed by atoms with Gasteiger partial charge in [0.25, 0.3) is 0 Å². The minimum absolute atomic E-state index is 0.486. The molecule has 16 heavy (non-hydrogen) atoms. The fourth-order valence-electron chi connectivity index (χ4n) is 1.40. The van der Waals surface area contributed by atoms with Gasteiger partial charge in [0.05, 0.1) is 0 Å². The lowest BCUT2D eigenvalue weighted by molar-refractivity contribution is 0.584. The number of aromatic nitrogens is 1. The van der Waals surface area contributed by atoms with Gasteiger partial charge in [-0.15, -0.1) is 0 Å². The molecule has 1 aromatic heterocycles. The summed E-state index contributed by atoms with van der Waals surface area (Å²) in [6.45, 7) is 1.99. The zero-order valence-electron chi connectivity index (χ0n) is 8.67. The average Bonchev–Trinajstić information content (AvgIpc) is 2.22. The van der Waals surface area contributed by atoms with E-state index in [0.29, 0.717) is 5.69 Å². The van der Waals surface area contributed by atoms with E-state index in [1.807, 2.05) is 25.1 Å². The third-order valence-electron chi connectivity index (χ3n) is 2.19. The highest BCUT2D eigenvalue weighted by Crippen LogP contribution is 2.23. The van der Waals surface area contributed by atoms with Crippen molar-refractivity contribution in [3.63, 3.8) is 0 Å². The van der Waals surface area contributed by atoms with Gasteiger partial charge >= 0.3 is 0 Å². The summed E-state index contributed by atoms with van der Waals surface area (Å²) in [5, 5.41) is 3.14. The average molecular weight is 281 g/mol. The van der Waals surface area contributed by atoms with Gasteiger partial charge in [0.15, 0.2) is 0 Å². The van der Waals surface area contributed by atoms with Crippen molar-refractivity contribution >= 4 is 27.3 Å². The fraction of sp³-hybridized carbons (Fsp3) is 0.0833. The van der Waals surface area contributed by atoms with Crippen LogP contribution in [0.2, 0.25) is 0 Å². The molecular formula is C12H10BrFN2. The number of halogens is 2. The number of hydrogen-bond acceptors (Lipinski definition) is 2. The van der Waals surface area contributed by atoms with Gasteiger partial charge in [-0.05, 0) is 36.8 Å². The van der Waals surface area contributed by atoms with Crippen LogP contribution in [0.4, 0.5) is 15.8 Å². The SMILES string of the molecule is Cc1cc(Br)ccc1Nc1ccnc(F)c1. The lowest BCUT2D eigenvalue weighted by Gasteiger charge is -2.09. The minimum atomic E-state index is -0.486. The second kappa shape index (κ2) is 4.61. The Labute approximate surface area is 102 Å². The van der Waals surface area contributed by atoms with Crippen LogP contribution in [-0.2, 0) is 0 Å². The molecule has 1 aromatic carbocycles. The zero-order valence-corrected chi connectivity index (χ0v) is 10.3. The molecule has 1 heterocycles. The van der Waals surface area contributed by atoms with Gasteiger partial charge in [0.1, 0.15) is 0 Å². The first-order valence-corrected chi connectivity index (χ1v) is 5.59. The van der Waals surface area contributed by atoms with E-state index in [2.05, 4.69) is 26.2 Å². The molecule has 2 aromatic rings. The summed E-state index contributed by atoms with van der Waals surface area (Å²) in [5.41, 5.74) is 2.73. The molecule has 0 aliphatic rings. The van der Waals surface area contributed by atoms with Crippen LogP contribution in [0.3, 0.4) is 0 Å². The second-order valence-corrected chi connectivity index (χ2v) is 4.37. The minimum Gasteiger partial charge on any atom is -0.355 e. The van der Waals surface area contributed by atoms with Crippen molar-refractivity contribution < 1.29 is 4.39 Å². The van der Waals surface area contributed by atoms with E-state index in [-0.39, 0.29) is 0 Å². The summed E-state index contributed by atoms with van der Waals surface area (Å²) >= 11 is 3.40. The van der Waals surface area contributed by atoms with Crippen molar-refractivity contribution in [1.82, 2.24) is 4.98 Å². The van der Waals surface area contributed by atoms with E-state index in [0.717, 1.165) is 15.7 Å². The summed E-state index contributed by atoms with van der Waals surface area (Å²) in [5.74, 6) is -0.486. The highest BCUT2D eigenvalue weighted by atomic mass is 79.9. The summed E-state index contributed by atoms with van der Waals surface area (Å²) in [7, 11) is 0. The zero-order chi connectivity index (χ0) is 11.5. The van der Waals surface area contributed by atoms with Gasteiger partial charge in [-0.25, -0.2) is 4.98 Å². The van der Waals surface area contributed by atoms with E-state index in [9.17, 15) is 4.39 Å². The van der Waals surface area contributed by atoms with Crippen LogP contribution >= 0.6 is 15.9 Å². The summed E-state index contributed by atoms with van der Waals surface area (Å²) in [6, 6.07) is 8.97. The van der Waals surface area contributed by atoms with E-state index in [4.69, 9.17) is 0 Å². The maximum atomic E-state index is 12.9. The van der Waals surface area contributed by atoms with Gasteiger partial charge in [-0.2, -0.15) is 4.39 Å². The molecule has 1 N–H and O–H groups in total. The number of nitrogens with one attached hydrogen (secondary N) is 1. The Bertz CT molecular complexity index is 514. The Morgan fingerprint density at radius 1 is 1.25 bits per heavy atom. The Hall–Kier alpha value is -1.42. The second-order valence-electron chi connectivity index (χ2n) is 3.45. The van der Waals surface area contributed by atoms with E-state index < -0.39 is 5.95 Å². The largest absolute Gasteiger partial charge is 0.355 e. The molecule has 82 valence electrons. The van der Waals surface area contributed by atoms with Crippen LogP contribution in [0.15, 0.2) is 41.0 Å². The number of rotatable bonds is 2. The fourth-order valence-corrected chi connectivity index (χ4v) is 1.88. The quantitative estimate of drug-likeness (QED) is 0.840. The number of aryl methyl sites for hydroxylation is 1. The maximum Gasteiger partial charge on any atom is 0.214 e. The number of nitrogens with zero attached hydrogens (tertiary/aromatic N) is 1. The third-order valence-corrected chi connectivity index (χ3v) is 2.69. The standard InChI is InChI=1S/C12H10BrFN2/c1-8-6-9(13)2-3-11(8)16-10-4-5-15-12(14)7-10/h2-7H,1H3,(H,15,16). The molecule has 4 heteroatoms. The predicted octanol–water partition coefficient (Wildman–Crippen LogP) is 4.04. The molecule has 0 atom stereocenters. The van der Waals surface area contributed by atoms with Crippen molar-refractivity contribution in [1.29, 1.82) is 0 Å². The molecule has 0 saturated heterocycles. The van der Waals surface area contributed by atoms with Crippen molar-refractivity contribution in [3.8, 4) is 0 Å². The molecule has 0 fully saturated rings.